The molecule has 2 rings (SSSR count). The molecule has 0 spiro atoms. The third-order valence-corrected chi connectivity index (χ3v) is 2.77. The number of hydrogen-bond donors (Lipinski definition) is 2. The number of aromatic nitrogens is 2. The van der Waals surface area contributed by atoms with E-state index in [1.807, 2.05) is 6.92 Å². The van der Waals surface area contributed by atoms with Gasteiger partial charge in [0.05, 0.1) is 13.2 Å². The van der Waals surface area contributed by atoms with E-state index in [2.05, 4.69) is 15.6 Å². The van der Waals surface area contributed by atoms with E-state index in [0.29, 0.717) is 25.5 Å². The van der Waals surface area contributed by atoms with Crippen molar-refractivity contribution in [2.75, 3.05) is 31.6 Å². The standard InChI is InChI=1S/C11H18N4O2/c1-2-15-5-3-13-10(11(15)16)14-7-9-8-17-6-4-12-9/h3,5,9,12H,2,4,6-8H2,1H3,(H,13,14). The summed E-state index contributed by atoms with van der Waals surface area (Å²) in [7, 11) is 0. The van der Waals surface area contributed by atoms with Gasteiger partial charge in [-0.25, -0.2) is 4.98 Å². The Kier molecular flexibility index (Phi) is 4.11. The van der Waals surface area contributed by atoms with E-state index in [4.69, 9.17) is 4.74 Å². The van der Waals surface area contributed by atoms with Crippen molar-refractivity contribution >= 4 is 5.82 Å². The van der Waals surface area contributed by atoms with Crippen molar-refractivity contribution in [1.29, 1.82) is 0 Å². The van der Waals surface area contributed by atoms with Crippen molar-refractivity contribution in [3.63, 3.8) is 0 Å². The fraction of sp³-hybridized carbons (Fsp3) is 0.636. The van der Waals surface area contributed by atoms with Crippen LogP contribution in [0.1, 0.15) is 6.92 Å². The summed E-state index contributed by atoms with van der Waals surface area (Å²) in [5.74, 6) is 0.404. The molecule has 0 radical (unpaired) electrons. The number of aryl methyl sites for hydroxylation is 1. The Morgan fingerprint density at radius 1 is 1.71 bits per heavy atom. The van der Waals surface area contributed by atoms with Gasteiger partial charge in [0.15, 0.2) is 5.82 Å². The molecular formula is C11H18N4O2. The summed E-state index contributed by atoms with van der Waals surface area (Å²) in [5, 5.41) is 6.38. The van der Waals surface area contributed by atoms with Crippen LogP contribution < -0.4 is 16.2 Å². The molecule has 1 aliphatic rings. The topological polar surface area (TPSA) is 68.2 Å². The fourth-order valence-corrected chi connectivity index (χ4v) is 1.79. The Balaban J connectivity index is 1.96. The molecule has 2 heterocycles. The Labute approximate surface area is 100 Å². The van der Waals surface area contributed by atoms with Crippen LogP contribution >= 0.6 is 0 Å². The second-order valence-corrected chi connectivity index (χ2v) is 3.97. The molecule has 1 aromatic heterocycles. The van der Waals surface area contributed by atoms with Crippen LogP contribution in [0.2, 0.25) is 0 Å². The number of rotatable bonds is 4. The highest BCUT2D eigenvalue weighted by Crippen LogP contribution is 1.97. The van der Waals surface area contributed by atoms with Gasteiger partial charge >= 0.3 is 0 Å². The lowest BCUT2D eigenvalue weighted by molar-refractivity contribution is 0.0806. The number of hydrogen-bond acceptors (Lipinski definition) is 5. The maximum atomic E-state index is 11.9. The summed E-state index contributed by atoms with van der Waals surface area (Å²) in [6.07, 6.45) is 3.33. The van der Waals surface area contributed by atoms with E-state index >= 15 is 0 Å². The van der Waals surface area contributed by atoms with Crippen molar-refractivity contribution in [2.24, 2.45) is 0 Å². The van der Waals surface area contributed by atoms with Crippen LogP contribution in [0.5, 0.6) is 0 Å². The number of nitrogens with zero attached hydrogens (tertiary/aromatic N) is 2. The molecule has 6 nitrogen and oxygen atoms in total. The van der Waals surface area contributed by atoms with Crippen LogP contribution in [0.3, 0.4) is 0 Å². The van der Waals surface area contributed by atoms with Crippen molar-refractivity contribution in [2.45, 2.75) is 19.5 Å². The van der Waals surface area contributed by atoms with Gasteiger partial charge in [0, 0.05) is 38.1 Å². The van der Waals surface area contributed by atoms with Gasteiger partial charge in [-0.3, -0.25) is 4.79 Å². The third kappa shape index (κ3) is 3.04. The molecule has 94 valence electrons. The van der Waals surface area contributed by atoms with Gasteiger partial charge in [-0.05, 0) is 6.92 Å². The van der Waals surface area contributed by atoms with Crippen LogP contribution in [0.25, 0.3) is 0 Å². The predicted octanol–water partition coefficient (Wildman–Crippen LogP) is -0.336. The molecule has 0 aromatic carbocycles. The van der Waals surface area contributed by atoms with Gasteiger partial charge in [-0.2, -0.15) is 0 Å². The summed E-state index contributed by atoms with van der Waals surface area (Å²) in [5.41, 5.74) is -0.0771. The number of nitrogens with one attached hydrogen (secondary N) is 2. The smallest absolute Gasteiger partial charge is 0.293 e. The van der Waals surface area contributed by atoms with E-state index < -0.39 is 0 Å². The summed E-state index contributed by atoms with van der Waals surface area (Å²) in [6, 6.07) is 0.236. The highest BCUT2D eigenvalue weighted by molar-refractivity contribution is 5.31. The molecule has 0 aliphatic carbocycles. The largest absolute Gasteiger partial charge is 0.378 e. The summed E-state index contributed by atoms with van der Waals surface area (Å²) in [4.78, 5) is 15.9. The minimum Gasteiger partial charge on any atom is -0.378 e. The molecule has 1 unspecified atom stereocenters. The molecule has 0 amide bonds. The zero-order valence-electron chi connectivity index (χ0n) is 9.98. The molecule has 1 aromatic rings. The quantitative estimate of drug-likeness (QED) is 0.751. The Morgan fingerprint density at radius 3 is 3.29 bits per heavy atom. The van der Waals surface area contributed by atoms with Crippen molar-refractivity contribution in [1.82, 2.24) is 14.9 Å². The average molecular weight is 238 g/mol. The average Bonchev–Trinajstić information content (AvgIpc) is 2.39. The summed E-state index contributed by atoms with van der Waals surface area (Å²) in [6.45, 7) is 5.51. The molecule has 1 fully saturated rings. The zero-order valence-corrected chi connectivity index (χ0v) is 9.98. The van der Waals surface area contributed by atoms with Crippen molar-refractivity contribution < 1.29 is 4.74 Å². The lowest BCUT2D eigenvalue weighted by atomic mass is 10.3. The molecule has 0 bridgehead atoms. The SMILES string of the molecule is CCn1ccnc(NCC2COCCN2)c1=O. The Morgan fingerprint density at radius 2 is 2.59 bits per heavy atom. The lowest BCUT2D eigenvalue weighted by Crippen LogP contribution is -2.45. The first-order valence-corrected chi connectivity index (χ1v) is 5.91. The van der Waals surface area contributed by atoms with Crippen molar-refractivity contribution in [3.05, 3.63) is 22.7 Å². The van der Waals surface area contributed by atoms with Gasteiger partial charge in [-0.15, -0.1) is 0 Å². The van der Waals surface area contributed by atoms with Crippen LogP contribution in [0.15, 0.2) is 17.2 Å². The highest BCUT2D eigenvalue weighted by atomic mass is 16.5. The third-order valence-electron chi connectivity index (χ3n) is 2.77. The second kappa shape index (κ2) is 5.79. The fourth-order valence-electron chi connectivity index (χ4n) is 1.79. The molecule has 17 heavy (non-hydrogen) atoms. The van der Waals surface area contributed by atoms with E-state index in [9.17, 15) is 4.79 Å². The molecule has 1 atom stereocenters. The molecule has 6 heteroatoms. The number of ether oxygens (including phenoxy) is 1. The van der Waals surface area contributed by atoms with Crippen LogP contribution in [0.4, 0.5) is 5.82 Å². The van der Waals surface area contributed by atoms with Crippen LogP contribution in [0, 0.1) is 0 Å². The molecule has 0 saturated carbocycles. The van der Waals surface area contributed by atoms with Crippen molar-refractivity contribution in [3.8, 4) is 0 Å². The van der Waals surface area contributed by atoms with Gasteiger partial charge in [0.25, 0.3) is 5.56 Å². The first kappa shape index (κ1) is 12.1. The molecule has 1 aliphatic heterocycles. The Hall–Kier alpha value is -1.40. The molecule has 1 saturated heterocycles. The first-order chi connectivity index (χ1) is 8.31. The monoisotopic (exact) mass is 238 g/mol. The van der Waals surface area contributed by atoms with Gasteiger partial charge in [0.2, 0.25) is 0 Å². The normalized spacial score (nSPS) is 20.2. The molecular weight excluding hydrogens is 220 g/mol. The van der Waals surface area contributed by atoms with E-state index in [-0.39, 0.29) is 11.6 Å². The minimum atomic E-state index is -0.0771. The van der Waals surface area contributed by atoms with Gasteiger partial charge in [0.1, 0.15) is 0 Å². The first-order valence-electron chi connectivity index (χ1n) is 5.91. The lowest BCUT2D eigenvalue weighted by Gasteiger charge is -2.24. The zero-order chi connectivity index (χ0) is 12.1. The van der Waals surface area contributed by atoms with Crippen LogP contribution in [-0.4, -0.2) is 41.9 Å². The van der Waals surface area contributed by atoms with Crippen LogP contribution in [-0.2, 0) is 11.3 Å². The van der Waals surface area contributed by atoms with E-state index in [1.54, 1.807) is 17.0 Å². The number of morpholine rings is 1. The predicted molar refractivity (Wildman–Crippen MR) is 65.3 cm³/mol. The van der Waals surface area contributed by atoms with Gasteiger partial charge in [-0.1, -0.05) is 0 Å². The Bertz CT molecular complexity index is 412. The highest BCUT2D eigenvalue weighted by Gasteiger charge is 2.13. The summed E-state index contributed by atoms with van der Waals surface area (Å²) >= 11 is 0. The summed E-state index contributed by atoms with van der Waals surface area (Å²) < 4.78 is 6.96. The molecule has 2 N–H and O–H groups in total. The minimum absolute atomic E-state index is 0.0771. The van der Waals surface area contributed by atoms with E-state index in [1.165, 1.54) is 0 Å². The van der Waals surface area contributed by atoms with E-state index in [0.717, 1.165) is 13.2 Å². The second-order valence-electron chi connectivity index (χ2n) is 3.97. The van der Waals surface area contributed by atoms with Gasteiger partial charge < -0.3 is 19.9 Å². The number of anilines is 1. The maximum Gasteiger partial charge on any atom is 0.293 e. The maximum absolute atomic E-state index is 11.9.